The third kappa shape index (κ3) is 7.25. The standard InChI is InChI=1S/C19H28ClN3O3.2ClH/c20-16-1-3-17(4-2-16)26-14-11-22-7-9-23(10-8-22)19(24)18(21)15-5-12-25-13-6-15;;/h1-4,15,18H,5-14,21H2;2*1H. The number of nitrogens with zero attached hydrogens (tertiary/aromatic N) is 2. The van der Waals surface area contributed by atoms with Gasteiger partial charge in [-0.25, -0.2) is 0 Å². The van der Waals surface area contributed by atoms with Crippen LogP contribution in [-0.4, -0.2) is 74.3 Å². The smallest absolute Gasteiger partial charge is 0.239 e. The molecule has 2 saturated heterocycles. The minimum atomic E-state index is -0.390. The van der Waals surface area contributed by atoms with Gasteiger partial charge in [0.05, 0.1) is 6.04 Å². The summed E-state index contributed by atoms with van der Waals surface area (Å²) in [5.74, 6) is 1.17. The molecular formula is C19H30Cl3N3O3. The summed E-state index contributed by atoms with van der Waals surface area (Å²) in [6, 6.07) is 7.00. The first-order valence-corrected chi connectivity index (χ1v) is 9.74. The van der Waals surface area contributed by atoms with Gasteiger partial charge in [-0.15, -0.1) is 24.8 Å². The molecule has 9 heteroatoms. The average Bonchev–Trinajstić information content (AvgIpc) is 2.69. The van der Waals surface area contributed by atoms with Gasteiger partial charge in [-0.2, -0.15) is 0 Å². The first kappa shape index (κ1) is 25.3. The van der Waals surface area contributed by atoms with Crippen molar-refractivity contribution in [1.29, 1.82) is 0 Å². The topological polar surface area (TPSA) is 68.0 Å². The molecule has 0 aliphatic carbocycles. The SMILES string of the molecule is Cl.Cl.NC(C(=O)N1CCN(CCOc2ccc(Cl)cc2)CC1)C1CCOCC1. The number of nitrogens with two attached hydrogens (primary N) is 1. The van der Waals surface area contributed by atoms with E-state index in [4.69, 9.17) is 26.8 Å². The van der Waals surface area contributed by atoms with Crippen molar-refractivity contribution in [2.75, 3.05) is 52.5 Å². The Morgan fingerprint density at radius 1 is 1.14 bits per heavy atom. The number of hydrogen-bond donors (Lipinski definition) is 1. The van der Waals surface area contributed by atoms with Crippen molar-refractivity contribution in [2.45, 2.75) is 18.9 Å². The lowest BCUT2D eigenvalue weighted by Gasteiger charge is -2.37. The van der Waals surface area contributed by atoms with E-state index >= 15 is 0 Å². The maximum atomic E-state index is 12.6. The van der Waals surface area contributed by atoms with Gasteiger partial charge in [0.15, 0.2) is 0 Å². The molecule has 6 nitrogen and oxygen atoms in total. The Hall–Kier alpha value is -0.760. The zero-order chi connectivity index (χ0) is 18.4. The Kier molecular flexibility index (Phi) is 11.5. The molecule has 1 unspecified atom stereocenters. The maximum Gasteiger partial charge on any atom is 0.239 e. The molecule has 0 radical (unpaired) electrons. The van der Waals surface area contributed by atoms with Crippen LogP contribution in [0.15, 0.2) is 24.3 Å². The van der Waals surface area contributed by atoms with Crippen LogP contribution in [-0.2, 0) is 9.53 Å². The van der Waals surface area contributed by atoms with Gasteiger partial charge in [0.1, 0.15) is 12.4 Å². The van der Waals surface area contributed by atoms with Crippen LogP contribution in [0.2, 0.25) is 5.02 Å². The van der Waals surface area contributed by atoms with Crippen molar-refractivity contribution in [3.63, 3.8) is 0 Å². The second kappa shape index (κ2) is 12.7. The molecule has 160 valence electrons. The van der Waals surface area contributed by atoms with Gasteiger partial charge >= 0.3 is 0 Å². The van der Waals surface area contributed by atoms with E-state index < -0.39 is 6.04 Å². The highest BCUT2D eigenvalue weighted by Crippen LogP contribution is 2.19. The lowest BCUT2D eigenvalue weighted by Crippen LogP contribution is -2.55. The molecule has 1 amide bonds. The van der Waals surface area contributed by atoms with Gasteiger partial charge in [-0.1, -0.05) is 11.6 Å². The van der Waals surface area contributed by atoms with Crippen LogP contribution >= 0.6 is 36.4 Å². The lowest BCUT2D eigenvalue weighted by atomic mass is 9.91. The zero-order valence-corrected chi connectivity index (χ0v) is 18.3. The van der Waals surface area contributed by atoms with Crippen LogP contribution in [0.1, 0.15) is 12.8 Å². The predicted molar refractivity (Wildman–Crippen MR) is 116 cm³/mol. The first-order valence-electron chi connectivity index (χ1n) is 9.36. The number of carbonyl (C=O) groups is 1. The van der Waals surface area contributed by atoms with E-state index in [1.165, 1.54) is 0 Å². The molecule has 3 rings (SSSR count). The van der Waals surface area contributed by atoms with Crippen LogP contribution < -0.4 is 10.5 Å². The summed E-state index contributed by atoms with van der Waals surface area (Å²) in [5, 5.41) is 0.706. The molecule has 0 aromatic heterocycles. The average molecular weight is 455 g/mol. The summed E-state index contributed by atoms with van der Waals surface area (Å²) in [5.41, 5.74) is 6.22. The summed E-state index contributed by atoms with van der Waals surface area (Å²) < 4.78 is 11.1. The van der Waals surface area contributed by atoms with E-state index in [1.54, 1.807) is 0 Å². The second-order valence-corrected chi connectivity index (χ2v) is 7.38. The van der Waals surface area contributed by atoms with E-state index in [0.29, 0.717) is 24.8 Å². The van der Waals surface area contributed by atoms with Crippen LogP contribution in [0.25, 0.3) is 0 Å². The minimum absolute atomic E-state index is 0. The van der Waals surface area contributed by atoms with E-state index in [-0.39, 0.29) is 36.6 Å². The molecule has 0 spiro atoms. The highest BCUT2D eigenvalue weighted by molar-refractivity contribution is 6.30. The number of hydrogen-bond acceptors (Lipinski definition) is 5. The highest BCUT2D eigenvalue weighted by Gasteiger charge is 2.31. The van der Waals surface area contributed by atoms with Gasteiger partial charge in [0.25, 0.3) is 0 Å². The number of amides is 1. The summed E-state index contributed by atoms with van der Waals surface area (Å²) >= 11 is 5.87. The van der Waals surface area contributed by atoms with Crippen LogP contribution in [0.5, 0.6) is 5.75 Å². The number of ether oxygens (including phenoxy) is 2. The van der Waals surface area contributed by atoms with Crippen molar-refractivity contribution in [3.05, 3.63) is 29.3 Å². The molecule has 0 saturated carbocycles. The predicted octanol–water partition coefficient (Wildman–Crippen LogP) is 2.46. The lowest BCUT2D eigenvalue weighted by molar-refractivity contribution is -0.136. The summed E-state index contributed by atoms with van der Waals surface area (Å²) in [6.45, 7) is 6.08. The van der Waals surface area contributed by atoms with E-state index in [0.717, 1.165) is 51.3 Å². The van der Waals surface area contributed by atoms with Gasteiger partial charge in [0.2, 0.25) is 5.91 Å². The molecule has 2 N–H and O–H groups in total. The third-order valence-corrected chi connectivity index (χ3v) is 5.48. The fourth-order valence-corrected chi connectivity index (χ4v) is 3.63. The minimum Gasteiger partial charge on any atom is -0.492 e. The number of benzene rings is 1. The third-order valence-electron chi connectivity index (χ3n) is 5.23. The van der Waals surface area contributed by atoms with Gasteiger partial charge in [0, 0.05) is 51.0 Å². The highest BCUT2D eigenvalue weighted by atomic mass is 35.5. The monoisotopic (exact) mass is 453 g/mol. The molecular weight excluding hydrogens is 425 g/mol. The maximum absolute atomic E-state index is 12.6. The van der Waals surface area contributed by atoms with Crippen molar-refractivity contribution in [2.24, 2.45) is 11.7 Å². The molecule has 0 bridgehead atoms. The van der Waals surface area contributed by atoms with Crippen LogP contribution in [0.4, 0.5) is 0 Å². The molecule has 2 aliphatic rings. The van der Waals surface area contributed by atoms with Crippen molar-refractivity contribution < 1.29 is 14.3 Å². The van der Waals surface area contributed by atoms with Crippen molar-refractivity contribution >= 4 is 42.3 Å². The van der Waals surface area contributed by atoms with E-state index in [9.17, 15) is 4.79 Å². The second-order valence-electron chi connectivity index (χ2n) is 6.94. The number of halogens is 3. The fourth-order valence-electron chi connectivity index (χ4n) is 3.50. The molecule has 2 fully saturated rings. The van der Waals surface area contributed by atoms with E-state index in [1.807, 2.05) is 29.2 Å². The number of piperazine rings is 1. The van der Waals surface area contributed by atoms with Crippen molar-refractivity contribution in [3.8, 4) is 5.75 Å². The summed E-state index contributed by atoms with van der Waals surface area (Å²) in [6.07, 6.45) is 1.77. The van der Waals surface area contributed by atoms with Gasteiger partial charge in [-0.3, -0.25) is 9.69 Å². The van der Waals surface area contributed by atoms with Gasteiger partial charge < -0.3 is 20.1 Å². The molecule has 1 atom stereocenters. The Morgan fingerprint density at radius 2 is 1.75 bits per heavy atom. The van der Waals surface area contributed by atoms with Gasteiger partial charge in [-0.05, 0) is 43.0 Å². The molecule has 2 heterocycles. The molecule has 2 aliphatic heterocycles. The Morgan fingerprint density at radius 3 is 2.36 bits per heavy atom. The van der Waals surface area contributed by atoms with Crippen molar-refractivity contribution in [1.82, 2.24) is 9.80 Å². The Balaban J connectivity index is 0.00000196. The largest absolute Gasteiger partial charge is 0.492 e. The zero-order valence-electron chi connectivity index (χ0n) is 15.9. The normalized spacial score (nSPS) is 19.3. The number of rotatable bonds is 6. The quantitative estimate of drug-likeness (QED) is 0.715. The first-order chi connectivity index (χ1) is 12.6. The summed E-state index contributed by atoms with van der Waals surface area (Å²) in [4.78, 5) is 16.9. The molecule has 1 aromatic rings. The summed E-state index contributed by atoms with van der Waals surface area (Å²) in [7, 11) is 0. The Bertz CT molecular complexity index is 578. The van der Waals surface area contributed by atoms with Crippen LogP contribution in [0, 0.1) is 5.92 Å². The fraction of sp³-hybridized carbons (Fsp3) is 0.632. The Labute approximate surface area is 184 Å². The molecule has 1 aromatic carbocycles. The number of carbonyl (C=O) groups excluding carboxylic acids is 1. The molecule has 28 heavy (non-hydrogen) atoms. The van der Waals surface area contributed by atoms with Crippen LogP contribution in [0.3, 0.4) is 0 Å². The van der Waals surface area contributed by atoms with E-state index in [2.05, 4.69) is 4.90 Å².